The highest BCUT2D eigenvalue weighted by molar-refractivity contribution is 6.30. The Hall–Kier alpha value is -2.44. The molecule has 0 aromatic heterocycles. The summed E-state index contributed by atoms with van der Waals surface area (Å²) in [5.74, 6) is 0.687. The summed E-state index contributed by atoms with van der Waals surface area (Å²) in [4.78, 5) is 14.6. The van der Waals surface area contributed by atoms with E-state index in [1.54, 1.807) is 25.3 Å². The van der Waals surface area contributed by atoms with E-state index in [1.165, 1.54) is 5.69 Å². The van der Waals surface area contributed by atoms with Crippen LogP contribution in [-0.4, -0.2) is 45.9 Å². The number of hydrogen-bond acceptors (Lipinski definition) is 5. The van der Waals surface area contributed by atoms with Gasteiger partial charge in [0, 0.05) is 36.8 Å². The van der Waals surface area contributed by atoms with E-state index in [4.69, 9.17) is 21.1 Å². The maximum atomic E-state index is 12.3. The first-order valence-corrected chi connectivity index (χ1v) is 10.2. The zero-order valence-corrected chi connectivity index (χ0v) is 17.7. The van der Waals surface area contributed by atoms with Gasteiger partial charge in [-0.3, -0.25) is 4.79 Å². The number of rotatable bonds is 8. The van der Waals surface area contributed by atoms with E-state index in [-0.39, 0.29) is 11.9 Å². The van der Waals surface area contributed by atoms with Gasteiger partial charge >= 0.3 is 0 Å². The van der Waals surface area contributed by atoms with Crippen molar-refractivity contribution >= 4 is 28.9 Å². The van der Waals surface area contributed by atoms with Gasteiger partial charge < -0.3 is 25.0 Å². The summed E-state index contributed by atoms with van der Waals surface area (Å²) in [5.41, 5.74) is 3.05. The van der Waals surface area contributed by atoms with Crippen molar-refractivity contribution in [3.05, 3.63) is 53.1 Å². The summed E-state index contributed by atoms with van der Waals surface area (Å²) in [6.07, 6.45) is 0.353. The SMILES string of the molecule is COc1ccc(Cl)cc1NCCC(=O)NC(C)c1ccc(N2CCOCC2)cc1. The fourth-order valence-electron chi connectivity index (χ4n) is 3.32. The molecule has 2 aromatic rings. The van der Waals surface area contributed by atoms with Crippen LogP contribution >= 0.6 is 11.6 Å². The van der Waals surface area contributed by atoms with Crippen LogP contribution in [0.1, 0.15) is 24.9 Å². The number of ether oxygens (including phenoxy) is 2. The van der Waals surface area contributed by atoms with Crippen molar-refractivity contribution < 1.29 is 14.3 Å². The second-order valence-corrected chi connectivity index (χ2v) is 7.44. The maximum absolute atomic E-state index is 12.3. The molecule has 3 rings (SSSR count). The van der Waals surface area contributed by atoms with Crippen molar-refractivity contribution in [3.8, 4) is 5.75 Å². The Morgan fingerprint density at radius 1 is 1.21 bits per heavy atom. The van der Waals surface area contributed by atoms with Crippen LogP contribution in [0.3, 0.4) is 0 Å². The molecule has 1 fully saturated rings. The molecule has 1 amide bonds. The van der Waals surface area contributed by atoms with Gasteiger partial charge in [-0.2, -0.15) is 0 Å². The van der Waals surface area contributed by atoms with Gasteiger partial charge in [-0.05, 0) is 42.8 Å². The van der Waals surface area contributed by atoms with E-state index < -0.39 is 0 Å². The minimum atomic E-state index is -0.0538. The number of anilines is 2. The number of carbonyl (C=O) groups is 1. The first kappa shape index (κ1) is 21.3. The van der Waals surface area contributed by atoms with E-state index in [1.807, 2.05) is 6.92 Å². The van der Waals surface area contributed by atoms with Gasteiger partial charge in [0.05, 0.1) is 32.1 Å². The highest BCUT2D eigenvalue weighted by Crippen LogP contribution is 2.27. The minimum Gasteiger partial charge on any atom is -0.495 e. The summed E-state index contributed by atoms with van der Waals surface area (Å²) in [7, 11) is 1.60. The summed E-state index contributed by atoms with van der Waals surface area (Å²) in [6.45, 7) is 5.85. The van der Waals surface area contributed by atoms with Crippen molar-refractivity contribution in [2.75, 3.05) is 50.2 Å². The van der Waals surface area contributed by atoms with Gasteiger partial charge in [-0.15, -0.1) is 0 Å². The Morgan fingerprint density at radius 3 is 2.62 bits per heavy atom. The monoisotopic (exact) mass is 417 g/mol. The molecule has 156 valence electrons. The molecule has 0 saturated carbocycles. The molecule has 0 radical (unpaired) electrons. The lowest BCUT2D eigenvalue weighted by molar-refractivity contribution is -0.121. The average Bonchev–Trinajstić information content (AvgIpc) is 2.74. The normalized spacial score (nSPS) is 14.9. The van der Waals surface area contributed by atoms with Crippen LogP contribution < -0.4 is 20.3 Å². The third kappa shape index (κ3) is 6.02. The number of hydrogen-bond donors (Lipinski definition) is 2. The largest absolute Gasteiger partial charge is 0.495 e. The third-order valence-corrected chi connectivity index (χ3v) is 5.21. The molecule has 1 heterocycles. The molecule has 6 nitrogen and oxygen atoms in total. The van der Waals surface area contributed by atoms with Crippen molar-refractivity contribution in [2.24, 2.45) is 0 Å². The summed E-state index contributed by atoms with van der Waals surface area (Å²) in [6, 6.07) is 13.7. The highest BCUT2D eigenvalue weighted by atomic mass is 35.5. The van der Waals surface area contributed by atoms with Gasteiger partial charge in [0.1, 0.15) is 5.75 Å². The highest BCUT2D eigenvalue weighted by Gasteiger charge is 2.13. The van der Waals surface area contributed by atoms with Crippen LogP contribution in [0.25, 0.3) is 0 Å². The molecule has 1 unspecified atom stereocenters. The van der Waals surface area contributed by atoms with Crippen molar-refractivity contribution in [1.82, 2.24) is 5.32 Å². The lowest BCUT2D eigenvalue weighted by atomic mass is 10.1. The van der Waals surface area contributed by atoms with E-state index in [2.05, 4.69) is 39.8 Å². The minimum absolute atomic E-state index is 0.0109. The number of morpholine rings is 1. The van der Waals surface area contributed by atoms with Gasteiger partial charge in [-0.1, -0.05) is 23.7 Å². The molecule has 0 aliphatic carbocycles. The zero-order valence-electron chi connectivity index (χ0n) is 16.9. The number of halogens is 1. The van der Waals surface area contributed by atoms with Crippen LogP contribution in [0.5, 0.6) is 5.75 Å². The molecule has 1 atom stereocenters. The first-order chi connectivity index (χ1) is 14.1. The van der Waals surface area contributed by atoms with Gasteiger partial charge in [0.2, 0.25) is 5.91 Å². The quantitative estimate of drug-likeness (QED) is 0.682. The fourth-order valence-corrected chi connectivity index (χ4v) is 3.49. The Labute approximate surface area is 177 Å². The van der Waals surface area contributed by atoms with Crippen LogP contribution in [0, 0.1) is 0 Å². The topological polar surface area (TPSA) is 62.8 Å². The van der Waals surface area contributed by atoms with Gasteiger partial charge in [-0.25, -0.2) is 0 Å². The van der Waals surface area contributed by atoms with Crippen molar-refractivity contribution in [1.29, 1.82) is 0 Å². The molecule has 2 N–H and O–H groups in total. The average molecular weight is 418 g/mol. The standard InChI is InChI=1S/C22H28ClN3O3/c1-16(17-3-6-19(7-4-17)26-11-13-29-14-12-26)25-22(27)9-10-24-20-15-18(23)5-8-21(20)28-2/h3-8,15-16,24H,9-14H2,1-2H3,(H,25,27). The predicted molar refractivity (Wildman–Crippen MR) is 117 cm³/mol. The third-order valence-electron chi connectivity index (χ3n) is 4.98. The number of amides is 1. The summed E-state index contributed by atoms with van der Waals surface area (Å²) >= 11 is 6.03. The van der Waals surface area contributed by atoms with E-state index in [0.29, 0.717) is 23.7 Å². The number of carbonyl (C=O) groups excluding carboxylic acids is 1. The number of nitrogens with zero attached hydrogens (tertiary/aromatic N) is 1. The van der Waals surface area contributed by atoms with Gasteiger partial charge in [0.25, 0.3) is 0 Å². The maximum Gasteiger partial charge on any atom is 0.222 e. The second-order valence-electron chi connectivity index (χ2n) is 7.00. The van der Waals surface area contributed by atoms with E-state index >= 15 is 0 Å². The molecule has 1 aliphatic heterocycles. The number of methoxy groups -OCH3 is 1. The van der Waals surface area contributed by atoms with Crippen LogP contribution in [0.15, 0.2) is 42.5 Å². The smallest absolute Gasteiger partial charge is 0.222 e. The van der Waals surface area contributed by atoms with Gasteiger partial charge in [0.15, 0.2) is 0 Å². The predicted octanol–water partition coefficient (Wildman–Crippen LogP) is 3.86. The Kier molecular flexibility index (Phi) is 7.61. The summed E-state index contributed by atoms with van der Waals surface area (Å²) in [5, 5.41) is 6.88. The van der Waals surface area contributed by atoms with Crippen molar-refractivity contribution in [3.63, 3.8) is 0 Å². The summed E-state index contributed by atoms with van der Waals surface area (Å²) < 4.78 is 10.7. The number of nitrogens with one attached hydrogen (secondary N) is 2. The van der Waals surface area contributed by atoms with Crippen LogP contribution in [-0.2, 0) is 9.53 Å². The molecular formula is C22H28ClN3O3. The molecule has 0 spiro atoms. The molecule has 2 aromatic carbocycles. The fraction of sp³-hybridized carbons (Fsp3) is 0.409. The molecule has 1 aliphatic rings. The van der Waals surface area contributed by atoms with Crippen LogP contribution in [0.2, 0.25) is 5.02 Å². The zero-order chi connectivity index (χ0) is 20.6. The van der Waals surface area contributed by atoms with Crippen LogP contribution in [0.4, 0.5) is 11.4 Å². The molecular weight excluding hydrogens is 390 g/mol. The van der Waals surface area contributed by atoms with E-state index in [9.17, 15) is 4.79 Å². The molecule has 29 heavy (non-hydrogen) atoms. The Morgan fingerprint density at radius 2 is 1.93 bits per heavy atom. The first-order valence-electron chi connectivity index (χ1n) is 9.86. The molecule has 7 heteroatoms. The Balaban J connectivity index is 1.47. The van der Waals surface area contributed by atoms with E-state index in [0.717, 1.165) is 37.6 Å². The molecule has 1 saturated heterocycles. The molecule has 0 bridgehead atoms. The number of benzene rings is 2. The lowest BCUT2D eigenvalue weighted by Gasteiger charge is -2.29. The Bertz CT molecular complexity index is 807. The second kappa shape index (κ2) is 10.4. The lowest BCUT2D eigenvalue weighted by Crippen LogP contribution is -2.36. The van der Waals surface area contributed by atoms with Crippen molar-refractivity contribution in [2.45, 2.75) is 19.4 Å².